The Hall–Kier alpha value is -2.97. The number of benzene rings is 1. The summed E-state index contributed by atoms with van der Waals surface area (Å²) in [5, 5.41) is 8.76. The Morgan fingerprint density at radius 1 is 1.11 bits per heavy atom. The summed E-state index contributed by atoms with van der Waals surface area (Å²) in [6, 6.07) is 10.8. The molecule has 0 spiro atoms. The highest BCUT2D eigenvalue weighted by Crippen LogP contribution is 2.17. The van der Waals surface area contributed by atoms with Crippen molar-refractivity contribution in [2.75, 3.05) is 32.7 Å². The van der Waals surface area contributed by atoms with Crippen molar-refractivity contribution < 1.29 is 18.4 Å². The molecule has 2 aromatic rings. The van der Waals surface area contributed by atoms with Crippen LogP contribution in [0.4, 0.5) is 13.6 Å². The Kier molecular flexibility index (Phi) is 6.57. The number of H-pyrrole nitrogens is 1. The first-order valence-corrected chi connectivity index (χ1v) is 9.24. The summed E-state index contributed by atoms with van der Waals surface area (Å²) >= 11 is 0. The second kappa shape index (κ2) is 9.29. The quantitative estimate of drug-likeness (QED) is 0.822. The minimum absolute atomic E-state index is 0.0314. The van der Waals surface area contributed by atoms with Crippen LogP contribution in [0.25, 0.3) is 0 Å². The molecule has 1 aliphatic heterocycles. The van der Waals surface area contributed by atoms with E-state index < -0.39 is 12.3 Å². The van der Waals surface area contributed by atoms with E-state index in [1.807, 2.05) is 30.3 Å². The van der Waals surface area contributed by atoms with Gasteiger partial charge in [-0.15, -0.1) is 0 Å². The first-order valence-electron chi connectivity index (χ1n) is 9.24. The normalized spacial score (nSPS) is 14.8. The fourth-order valence-corrected chi connectivity index (χ4v) is 3.11. The first kappa shape index (κ1) is 19.8. The standard InChI is InChI=1S/C19H23F2N5O2/c20-17(21)15-13-16(24-23-15)18(27)25-9-4-10-26(12-11-25)19(28)22-8-7-14-5-2-1-3-6-14/h1-3,5-6,13,17H,4,7-12H2,(H,22,28)(H,23,24). The van der Waals surface area contributed by atoms with E-state index in [9.17, 15) is 18.4 Å². The lowest BCUT2D eigenvalue weighted by Crippen LogP contribution is -2.43. The molecule has 1 aromatic carbocycles. The summed E-state index contributed by atoms with van der Waals surface area (Å²) in [6.45, 7) is 2.23. The van der Waals surface area contributed by atoms with Gasteiger partial charge in [-0.3, -0.25) is 9.89 Å². The monoisotopic (exact) mass is 391 g/mol. The van der Waals surface area contributed by atoms with Gasteiger partial charge in [0.1, 0.15) is 5.69 Å². The van der Waals surface area contributed by atoms with Crippen molar-refractivity contribution in [3.05, 3.63) is 53.3 Å². The smallest absolute Gasteiger partial charge is 0.317 e. The molecule has 0 saturated carbocycles. The second-order valence-electron chi connectivity index (χ2n) is 6.61. The van der Waals surface area contributed by atoms with Crippen molar-refractivity contribution in [1.29, 1.82) is 0 Å². The molecule has 1 saturated heterocycles. The van der Waals surface area contributed by atoms with Crippen molar-refractivity contribution in [1.82, 2.24) is 25.3 Å². The molecule has 0 radical (unpaired) electrons. The highest BCUT2D eigenvalue weighted by molar-refractivity contribution is 5.92. The Balaban J connectivity index is 1.48. The number of hydrogen-bond acceptors (Lipinski definition) is 3. The fraction of sp³-hybridized carbons (Fsp3) is 0.421. The lowest BCUT2D eigenvalue weighted by molar-refractivity contribution is 0.0756. The Bertz CT molecular complexity index is 797. The molecule has 0 atom stereocenters. The number of halogens is 2. The predicted molar refractivity (Wildman–Crippen MR) is 99.2 cm³/mol. The average Bonchev–Trinajstić information content (AvgIpc) is 3.07. The molecule has 2 heterocycles. The number of alkyl halides is 2. The van der Waals surface area contributed by atoms with Gasteiger partial charge in [-0.2, -0.15) is 5.10 Å². The van der Waals surface area contributed by atoms with Crippen LogP contribution in [-0.2, 0) is 6.42 Å². The fourth-order valence-electron chi connectivity index (χ4n) is 3.11. The molecule has 0 bridgehead atoms. The number of carbonyl (C=O) groups excluding carboxylic acids is 2. The van der Waals surface area contributed by atoms with E-state index in [2.05, 4.69) is 15.5 Å². The number of amides is 3. The molecule has 7 nitrogen and oxygen atoms in total. The highest BCUT2D eigenvalue weighted by atomic mass is 19.3. The Morgan fingerprint density at radius 3 is 2.54 bits per heavy atom. The van der Waals surface area contributed by atoms with E-state index in [4.69, 9.17) is 0 Å². The van der Waals surface area contributed by atoms with Gasteiger partial charge in [0.15, 0.2) is 5.69 Å². The molecule has 9 heteroatoms. The van der Waals surface area contributed by atoms with E-state index in [0.29, 0.717) is 39.1 Å². The highest BCUT2D eigenvalue weighted by Gasteiger charge is 2.25. The maximum Gasteiger partial charge on any atom is 0.317 e. The third-order valence-corrected chi connectivity index (χ3v) is 4.65. The molecule has 150 valence electrons. The summed E-state index contributed by atoms with van der Waals surface area (Å²) < 4.78 is 25.3. The molecule has 3 rings (SSSR count). The van der Waals surface area contributed by atoms with Crippen molar-refractivity contribution >= 4 is 11.9 Å². The van der Waals surface area contributed by atoms with Gasteiger partial charge < -0.3 is 15.1 Å². The van der Waals surface area contributed by atoms with Gasteiger partial charge >= 0.3 is 6.03 Å². The number of carbonyl (C=O) groups is 2. The Labute approximate surface area is 161 Å². The maximum atomic E-state index is 12.7. The first-order chi connectivity index (χ1) is 13.5. The van der Waals surface area contributed by atoms with E-state index in [1.165, 1.54) is 0 Å². The van der Waals surface area contributed by atoms with Crippen molar-refractivity contribution in [2.24, 2.45) is 0 Å². The van der Waals surface area contributed by atoms with Gasteiger partial charge in [0.05, 0.1) is 0 Å². The van der Waals surface area contributed by atoms with Crippen LogP contribution < -0.4 is 5.32 Å². The average molecular weight is 391 g/mol. The number of nitrogens with one attached hydrogen (secondary N) is 2. The molecule has 3 amide bonds. The SMILES string of the molecule is O=C(NCCc1ccccc1)N1CCCN(C(=O)c2cc(C(F)F)[nH]n2)CC1. The minimum atomic E-state index is -2.70. The molecule has 1 aromatic heterocycles. The zero-order valence-corrected chi connectivity index (χ0v) is 15.4. The number of urea groups is 1. The molecule has 28 heavy (non-hydrogen) atoms. The van der Waals surface area contributed by atoms with E-state index in [-0.39, 0.29) is 17.4 Å². The van der Waals surface area contributed by atoms with E-state index >= 15 is 0 Å². The zero-order valence-electron chi connectivity index (χ0n) is 15.4. The maximum absolute atomic E-state index is 12.7. The van der Waals surface area contributed by atoms with Crippen LogP contribution in [0, 0.1) is 0 Å². The topological polar surface area (TPSA) is 81.3 Å². The summed E-state index contributed by atoms with van der Waals surface area (Å²) in [6.07, 6.45) is -1.34. The number of rotatable bonds is 5. The van der Waals surface area contributed by atoms with Crippen LogP contribution in [0.15, 0.2) is 36.4 Å². The molecular weight excluding hydrogens is 368 g/mol. The van der Waals surface area contributed by atoms with Crippen LogP contribution in [0.2, 0.25) is 0 Å². The van der Waals surface area contributed by atoms with E-state index in [0.717, 1.165) is 18.1 Å². The lowest BCUT2D eigenvalue weighted by Gasteiger charge is -2.22. The number of nitrogens with zero attached hydrogens (tertiary/aromatic N) is 3. The molecule has 0 aliphatic carbocycles. The Morgan fingerprint density at radius 2 is 1.82 bits per heavy atom. The largest absolute Gasteiger partial charge is 0.338 e. The molecular formula is C19H23F2N5O2. The van der Waals surface area contributed by atoms with Crippen molar-refractivity contribution in [2.45, 2.75) is 19.3 Å². The minimum Gasteiger partial charge on any atom is -0.338 e. The van der Waals surface area contributed by atoms with Crippen LogP contribution in [0.5, 0.6) is 0 Å². The van der Waals surface area contributed by atoms with Gasteiger partial charge in [0, 0.05) is 32.7 Å². The summed E-state index contributed by atoms with van der Waals surface area (Å²) in [5.41, 5.74) is 0.742. The van der Waals surface area contributed by atoms with Crippen molar-refractivity contribution in [3.63, 3.8) is 0 Å². The summed E-state index contributed by atoms with van der Waals surface area (Å²) in [7, 11) is 0. The summed E-state index contributed by atoms with van der Waals surface area (Å²) in [5.74, 6) is -0.408. The molecule has 1 fully saturated rings. The summed E-state index contributed by atoms with van der Waals surface area (Å²) in [4.78, 5) is 28.1. The van der Waals surface area contributed by atoms with Crippen LogP contribution in [0.1, 0.15) is 34.6 Å². The van der Waals surface area contributed by atoms with Crippen molar-refractivity contribution in [3.8, 4) is 0 Å². The molecule has 0 unspecified atom stereocenters. The van der Waals surface area contributed by atoms with Gasteiger partial charge in [-0.25, -0.2) is 13.6 Å². The van der Waals surface area contributed by atoms with E-state index in [1.54, 1.807) is 9.80 Å². The third-order valence-electron chi connectivity index (χ3n) is 4.65. The van der Waals surface area contributed by atoms with Gasteiger partial charge in [-0.1, -0.05) is 30.3 Å². The number of aromatic amines is 1. The van der Waals surface area contributed by atoms with Gasteiger partial charge in [0.2, 0.25) is 0 Å². The predicted octanol–water partition coefficient (Wildman–Crippen LogP) is 2.45. The van der Waals surface area contributed by atoms with Gasteiger partial charge in [0.25, 0.3) is 12.3 Å². The zero-order chi connectivity index (χ0) is 19.9. The second-order valence-corrected chi connectivity index (χ2v) is 6.61. The lowest BCUT2D eigenvalue weighted by atomic mass is 10.1. The van der Waals surface area contributed by atoms with Gasteiger partial charge in [-0.05, 0) is 24.5 Å². The molecule has 2 N–H and O–H groups in total. The molecule has 1 aliphatic rings. The van der Waals surface area contributed by atoms with Crippen LogP contribution in [-0.4, -0.2) is 64.7 Å². The van der Waals surface area contributed by atoms with Crippen LogP contribution >= 0.6 is 0 Å². The number of hydrogen-bond donors (Lipinski definition) is 2. The number of aromatic nitrogens is 2. The van der Waals surface area contributed by atoms with Crippen LogP contribution in [0.3, 0.4) is 0 Å². The third kappa shape index (κ3) is 5.05.